The van der Waals surface area contributed by atoms with Crippen LogP contribution < -0.4 is 5.73 Å². The zero-order valence-electron chi connectivity index (χ0n) is 7.64. The summed E-state index contributed by atoms with van der Waals surface area (Å²) < 4.78 is 5.02. The smallest absolute Gasteiger partial charge is 0.0940 e. The number of hydrogen-bond donors (Lipinski definition) is 1. The molecule has 68 valence electrons. The monoisotopic (exact) mass is 159 g/mol. The SMILES string of the molecule is CCCCCCCCOCN. The lowest BCUT2D eigenvalue weighted by Gasteiger charge is -2.00. The van der Waals surface area contributed by atoms with E-state index in [1.807, 2.05) is 0 Å². The average Bonchev–Trinajstić information content (AvgIpc) is 2.03. The Kier molecular flexibility index (Phi) is 9.85. The molecule has 2 nitrogen and oxygen atoms in total. The van der Waals surface area contributed by atoms with Crippen LogP contribution >= 0.6 is 0 Å². The summed E-state index contributed by atoms with van der Waals surface area (Å²) in [5.74, 6) is 0. The number of nitrogens with two attached hydrogens (primary N) is 1. The molecule has 0 saturated carbocycles. The predicted octanol–water partition coefficient (Wildman–Crippen LogP) is 2.28. The van der Waals surface area contributed by atoms with Crippen molar-refractivity contribution < 1.29 is 4.74 Å². The molecule has 0 spiro atoms. The lowest BCUT2D eigenvalue weighted by molar-refractivity contribution is 0.136. The molecule has 0 atom stereocenters. The molecule has 0 fully saturated rings. The van der Waals surface area contributed by atoms with Crippen molar-refractivity contribution >= 4 is 0 Å². The van der Waals surface area contributed by atoms with Gasteiger partial charge >= 0.3 is 0 Å². The normalized spacial score (nSPS) is 10.4. The van der Waals surface area contributed by atoms with Crippen molar-refractivity contribution in [3.05, 3.63) is 0 Å². The molecule has 0 saturated heterocycles. The Morgan fingerprint density at radius 3 is 2.27 bits per heavy atom. The average molecular weight is 159 g/mol. The van der Waals surface area contributed by atoms with E-state index in [4.69, 9.17) is 10.5 Å². The van der Waals surface area contributed by atoms with Gasteiger partial charge in [-0.25, -0.2) is 0 Å². The van der Waals surface area contributed by atoms with Crippen molar-refractivity contribution in [2.24, 2.45) is 5.73 Å². The first-order valence-corrected chi connectivity index (χ1v) is 4.69. The quantitative estimate of drug-likeness (QED) is 0.435. The van der Waals surface area contributed by atoms with Crippen LogP contribution in [0.5, 0.6) is 0 Å². The molecule has 11 heavy (non-hydrogen) atoms. The van der Waals surface area contributed by atoms with E-state index < -0.39 is 0 Å². The Morgan fingerprint density at radius 1 is 1.00 bits per heavy atom. The summed E-state index contributed by atoms with van der Waals surface area (Å²) in [5, 5.41) is 0. The van der Waals surface area contributed by atoms with Gasteiger partial charge < -0.3 is 10.5 Å². The molecule has 0 bridgehead atoms. The van der Waals surface area contributed by atoms with Crippen molar-refractivity contribution in [3.8, 4) is 0 Å². The minimum Gasteiger partial charge on any atom is -0.367 e. The molecular weight excluding hydrogens is 138 g/mol. The Bertz CT molecular complexity index is 58.6. The molecule has 2 N–H and O–H groups in total. The van der Waals surface area contributed by atoms with Crippen LogP contribution in [0.3, 0.4) is 0 Å². The van der Waals surface area contributed by atoms with Crippen LogP contribution in [0, 0.1) is 0 Å². The van der Waals surface area contributed by atoms with E-state index in [0.29, 0.717) is 6.73 Å². The molecule has 0 aromatic heterocycles. The zero-order chi connectivity index (χ0) is 8.36. The number of rotatable bonds is 8. The summed E-state index contributed by atoms with van der Waals surface area (Å²) in [4.78, 5) is 0. The van der Waals surface area contributed by atoms with Gasteiger partial charge in [-0.2, -0.15) is 0 Å². The van der Waals surface area contributed by atoms with Gasteiger partial charge in [0.25, 0.3) is 0 Å². The highest BCUT2D eigenvalue weighted by Gasteiger charge is 1.88. The standard InChI is InChI=1S/C9H21NO/c1-2-3-4-5-6-7-8-11-9-10/h2-10H2,1H3. The maximum Gasteiger partial charge on any atom is 0.0940 e. The summed E-state index contributed by atoms with van der Waals surface area (Å²) in [6, 6.07) is 0. The van der Waals surface area contributed by atoms with E-state index >= 15 is 0 Å². The molecular formula is C9H21NO. The van der Waals surface area contributed by atoms with Crippen LogP contribution in [0.1, 0.15) is 45.4 Å². The van der Waals surface area contributed by atoms with Crippen molar-refractivity contribution in [2.75, 3.05) is 13.3 Å². The van der Waals surface area contributed by atoms with Gasteiger partial charge in [0, 0.05) is 6.61 Å². The van der Waals surface area contributed by atoms with Gasteiger partial charge in [0.2, 0.25) is 0 Å². The maximum absolute atomic E-state index is 5.17. The van der Waals surface area contributed by atoms with Crippen molar-refractivity contribution in [1.29, 1.82) is 0 Å². The lowest BCUT2D eigenvalue weighted by atomic mass is 10.1. The van der Waals surface area contributed by atoms with Gasteiger partial charge in [0.05, 0.1) is 6.73 Å². The van der Waals surface area contributed by atoms with Gasteiger partial charge in [0.15, 0.2) is 0 Å². The van der Waals surface area contributed by atoms with Crippen LogP contribution in [-0.2, 0) is 4.74 Å². The van der Waals surface area contributed by atoms with E-state index in [-0.39, 0.29) is 0 Å². The highest BCUT2D eigenvalue weighted by molar-refractivity contribution is 4.42. The zero-order valence-corrected chi connectivity index (χ0v) is 7.64. The number of unbranched alkanes of at least 4 members (excludes halogenated alkanes) is 5. The first-order chi connectivity index (χ1) is 5.41. The second-order valence-electron chi connectivity index (χ2n) is 2.84. The molecule has 2 heteroatoms. The largest absolute Gasteiger partial charge is 0.367 e. The van der Waals surface area contributed by atoms with Crippen LogP contribution in [0.4, 0.5) is 0 Å². The van der Waals surface area contributed by atoms with Crippen LogP contribution in [0.25, 0.3) is 0 Å². The molecule has 0 unspecified atom stereocenters. The third-order valence-electron chi connectivity index (χ3n) is 1.76. The topological polar surface area (TPSA) is 35.2 Å². The van der Waals surface area contributed by atoms with Gasteiger partial charge in [-0.15, -0.1) is 0 Å². The number of hydrogen-bond acceptors (Lipinski definition) is 2. The van der Waals surface area contributed by atoms with Gasteiger partial charge in [0.1, 0.15) is 0 Å². The van der Waals surface area contributed by atoms with Gasteiger partial charge in [-0.1, -0.05) is 39.0 Å². The summed E-state index contributed by atoms with van der Waals surface area (Å²) >= 11 is 0. The van der Waals surface area contributed by atoms with E-state index in [1.165, 1.54) is 38.5 Å². The Morgan fingerprint density at radius 2 is 1.64 bits per heavy atom. The van der Waals surface area contributed by atoms with Gasteiger partial charge in [-0.3, -0.25) is 0 Å². The second-order valence-corrected chi connectivity index (χ2v) is 2.84. The maximum atomic E-state index is 5.17. The fraction of sp³-hybridized carbons (Fsp3) is 1.00. The lowest BCUT2D eigenvalue weighted by Crippen LogP contribution is -2.05. The Balaban J connectivity index is 2.69. The number of ether oxygens (including phenoxy) is 1. The van der Waals surface area contributed by atoms with E-state index in [1.54, 1.807) is 0 Å². The van der Waals surface area contributed by atoms with Crippen LogP contribution in [0.2, 0.25) is 0 Å². The molecule has 0 aromatic carbocycles. The minimum atomic E-state index is 0.370. The molecule has 0 aliphatic carbocycles. The Labute approximate surface area is 70.1 Å². The molecule has 0 aliphatic rings. The first-order valence-electron chi connectivity index (χ1n) is 4.69. The van der Waals surface area contributed by atoms with Crippen LogP contribution in [0.15, 0.2) is 0 Å². The second kappa shape index (κ2) is 9.92. The first kappa shape index (κ1) is 10.9. The summed E-state index contributed by atoms with van der Waals surface area (Å²) in [5.41, 5.74) is 5.17. The van der Waals surface area contributed by atoms with Crippen molar-refractivity contribution in [3.63, 3.8) is 0 Å². The van der Waals surface area contributed by atoms with Gasteiger partial charge in [-0.05, 0) is 6.42 Å². The van der Waals surface area contributed by atoms with Crippen molar-refractivity contribution in [2.45, 2.75) is 45.4 Å². The highest BCUT2D eigenvalue weighted by Crippen LogP contribution is 2.04. The van der Waals surface area contributed by atoms with Crippen molar-refractivity contribution in [1.82, 2.24) is 0 Å². The fourth-order valence-electron chi connectivity index (χ4n) is 1.07. The van der Waals surface area contributed by atoms with E-state index in [0.717, 1.165) is 6.61 Å². The third kappa shape index (κ3) is 9.92. The molecule has 0 rings (SSSR count). The molecule has 0 heterocycles. The van der Waals surface area contributed by atoms with E-state index in [2.05, 4.69) is 6.92 Å². The fourth-order valence-corrected chi connectivity index (χ4v) is 1.07. The highest BCUT2D eigenvalue weighted by atomic mass is 16.5. The molecule has 0 aromatic rings. The molecule has 0 radical (unpaired) electrons. The molecule has 0 aliphatic heterocycles. The van der Waals surface area contributed by atoms with E-state index in [9.17, 15) is 0 Å². The minimum absolute atomic E-state index is 0.370. The summed E-state index contributed by atoms with van der Waals surface area (Å²) in [6.45, 7) is 3.44. The summed E-state index contributed by atoms with van der Waals surface area (Å²) in [7, 11) is 0. The third-order valence-corrected chi connectivity index (χ3v) is 1.76. The predicted molar refractivity (Wildman–Crippen MR) is 48.4 cm³/mol. The summed E-state index contributed by atoms with van der Waals surface area (Å²) in [6.07, 6.45) is 7.87. The molecule has 0 amide bonds. The van der Waals surface area contributed by atoms with Crippen LogP contribution in [-0.4, -0.2) is 13.3 Å². The Hall–Kier alpha value is -0.0800.